The Labute approximate surface area is 130 Å². The Morgan fingerprint density at radius 3 is 2.55 bits per heavy atom. The molecule has 6 nitrogen and oxygen atoms in total. The van der Waals surface area contributed by atoms with Gasteiger partial charge in [-0.25, -0.2) is 12.8 Å². The van der Waals surface area contributed by atoms with E-state index < -0.39 is 21.7 Å². The summed E-state index contributed by atoms with van der Waals surface area (Å²) in [7, 11) is -4.11. The van der Waals surface area contributed by atoms with Gasteiger partial charge in [-0.05, 0) is 36.4 Å². The highest BCUT2D eigenvalue weighted by molar-refractivity contribution is 7.89. The van der Waals surface area contributed by atoms with E-state index in [1.54, 1.807) is 0 Å². The van der Waals surface area contributed by atoms with Crippen molar-refractivity contribution in [1.29, 1.82) is 0 Å². The minimum atomic E-state index is -4.11. The van der Waals surface area contributed by atoms with Crippen molar-refractivity contribution in [3.05, 3.63) is 58.9 Å². The van der Waals surface area contributed by atoms with Crippen molar-refractivity contribution in [3.8, 4) is 5.75 Å². The van der Waals surface area contributed by atoms with E-state index in [1.165, 1.54) is 24.3 Å². The summed E-state index contributed by atoms with van der Waals surface area (Å²) in [6.07, 6.45) is 0. The van der Waals surface area contributed by atoms with Gasteiger partial charge in [-0.2, -0.15) is 0 Å². The van der Waals surface area contributed by atoms with Crippen molar-refractivity contribution in [2.75, 3.05) is 0 Å². The first kappa shape index (κ1) is 16.2. The van der Waals surface area contributed by atoms with Crippen LogP contribution in [0.2, 0.25) is 5.02 Å². The minimum absolute atomic E-state index is 0.0554. The molecule has 2 aromatic carbocycles. The topological polar surface area (TPSA) is 95.5 Å². The lowest BCUT2D eigenvalue weighted by Crippen LogP contribution is -2.41. The minimum Gasteiger partial charge on any atom is -0.508 e. The standard InChI is InChI=1S/C13H10ClFN2O4S/c14-11-7-10(4-5-12(11)15)22(20,21)17-16-13(19)8-2-1-3-9(18)6-8/h1-7,17-18H,(H,16,19). The highest BCUT2D eigenvalue weighted by Crippen LogP contribution is 2.19. The first-order valence-electron chi connectivity index (χ1n) is 5.86. The van der Waals surface area contributed by atoms with E-state index in [4.69, 9.17) is 11.6 Å². The molecule has 22 heavy (non-hydrogen) atoms. The molecular weight excluding hydrogens is 335 g/mol. The molecule has 0 atom stereocenters. The third-order valence-electron chi connectivity index (χ3n) is 2.61. The van der Waals surface area contributed by atoms with Gasteiger partial charge in [0.05, 0.1) is 9.92 Å². The number of carbonyl (C=O) groups is 1. The van der Waals surface area contributed by atoms with Crippen molar-refractivity contribution in [1.82, 2.24) is 10.3 Å². The number of rotatable bonds is 4. The Balaban J connectivity index is 2.12. The van der Waals surface area contributed by atoms with Crippen LogP contribution in [0.4, 0.5) is 4.39 Å². The van der Waals surface area contributed by atoms with Gasteiger partial charge in [0.2, 0.25) is 0 Å². The van der Waals surface area contributed by atoms with Crippen LogP contribution in [0.15, 0.2) is 47.4 Å². The number of amides is 1. The largest absolute Gasteiger partial charge is 0.508 e. The van der Waals surface area contributed by atoms with Crippen LogP contribution in [-0.4, -0.2) is 19.4 Å². The lowest BCUT2D eigenvalue weighted by Gasteiger charge is -2.09. The first-order chi connectivity index (χ1) is 10.3. The smallest absolute Gasteiger partial charge is 0.266 e. The van der Waals surface area contributed by atoms with Gasteiger partial charge in [-0.1, -0.05) is 17.7 Å². The molecule has 0 unspecified atom stereocenters. The van der Waals surface area contributed by atoms with Crippen LogP contribution in [0, 0.1) is 5.82 Å². The van der Waals surface area contributed by atoms with E-state index in [0.29, 0.717) is 0 Å². The predicted molar refractivity (Wildman–Crippen MR) is 77.3 cm³/mol. The number of carbonyl (C=O) groups excluding carboxylic acids is 1. The number of hydrogen-bond acceptors (Lipinski definition) is 4. The number of hydrogen-bond donors (Lipinski definition) is 3. The normalized spacial score (nSPS) is 11.2. The zero-order valence-electron chi connectivity index (χ0n) is 10.9. The van der Waals surface area contributed by atoms with Crippen LogP contribution in [0.5, 0.6) is 5.75 Å². The van der Waals surface area contributed by atoms with Crippen molar-refractivity contribution < 1.29 is 22.7 Å². The fourth-order valence-corrected chi connectivity index (χ4v) is 2.65. The first-order valence-corrected chi connectivity index (χ1v) is 7.72. The summed E-state index contributed by atoms with van der Waals surface area (Å²) in [4.78, 5) is 13.3. The molecule has 0 radical (unpaired) electrons. The Kier molecular flexibility index (Phi) is 4.65. The zero-order chi connectivity index (χ0) is 16.3. The molecule has 0 saturated carbocycles. The molecule has 0 spiro atoms. The molecule has 9 heteroatoms. The lowest BCUT2D eigenvalue weighted by atomic mass is 10.2. The number of aromatic hydroxyl groups is 1. The molecule has 1 amide bonds. The summed E-state index contributed by atoms with van der Waals surface area (Å²) >= 11 is 5.51. The average molecular weight is 345 g/mol. The monoisotopic (exact) mass is 344 g/mol. The summed E-state index contributed by atoms with van der Waals surface area (Å²) in [6, 6.07) is 8.16. The number of phenolic OH excluding ortho intramolecular Hbond substituents is 1. The molecule has 3 N–H and O–H groups in total. The second-order valence-corrected chi connectivity index (χ2v) is 6.28. The fraction of sp³-hybridized carbons (Fsp3) is 0. The SMILES string of the molecule is O=C(NNS(=O)(=O)c1ccc(F)c(Cl)c1)c1cccc(O)c1. The van der Waals surface area contributed by atoms with Crippen LogP contribution >= 0.6 is 11.6 Å². The van der Waals surface area contributed by atoms with Crippen LogP contribution < -0.4 is 10.3 Å². The van der Waals surface area contributed by atoms with Crippen molar-refractivity contribution >= 4 is 27.5 Å². The van der Waals surface area contributed by atoms with E-state index >= 15 is 0 Å². The molecule has 0 aromatic heterocycles. The second-order valence-electron chi connectivity index (χ2n) is 4.19. The Morgan fingerprint density at radius 1 is 1.18 bits per heavy atom. The van der Waals surface area contributed by atoms with Crippen LogP contribution in [0.1, 0.15) is 10.4 Å². The van der Waals surface area contributed by atoms with E-state index in [0.717, 1.165) is 18.2 Å². The Hall–Kier alpha value is -2.16. The Bertz CT molecular complexity index is 827. The van der Waals surface area contributed by atoms with Crippen LogP contribution in [0.3, 0.4) is 0 Å². The third kappa shape index (κ3) is 3.73. The van der Waals surface area contributed by atoms with Gasteiger partial charge in [-0.15, -0.1) is 4.83 Å². The highest BCUT2D eigenvalue weighted by Gasteiger charge is 2.17. The molecule has 0 fully saturated rings. The number of benzene rings is 2. The van der Waals surface area contributed by atoms with E-state index in [9.17, 15) is 22.7 Å². The maximum Gasteiger partial charge on any atom is 0.266 e. The highest BCUT2D eigenvalue weighted by atomic mass is 35.5. The third-order valence-corrected chi connectivity index (χ3v) is 4.14. The van der Waals surface area contributed by atoms with Crippen molar-refractivity contribution in [2.24, 2.45) is 0 Å². The number of halogens is 2. The lowest BCUT2D eigenvalue weighted by molar-refractivity contribution is 0.0944. The zero-order valence-corrected chi connectivity index (χ0v) is 12.5. The maximum atomic E-state index is 13.0. The van der Waals surface area contributed by atoms with Crippen molar-refractivity contribution in [3.63, 3.8) is 0 Å². The molecule has 0 aliphatic carbocycles. The van der Waals surface area contributed by atoms with Crippen LogP contribution in [-0.2, 0) is 10.0 Å². The van der Waals surface area contributed by atoms with Gasteiger partial charge < -0.3 is 5.11 Å². The molecule has 0 aliphatic rings. The van der Waals surface area contributed by atoms with Crippen molar-refractivity contribution in [2.45, 2.75) is 4.90 Å². The molecule has 0 saturated heterocycles. The molecule has 0 aliphatic heterocycles. The fourth-order valence-electron chi connectivity index (χ4n) is 1.54. The van der Waals surface area contributed by atoms with Gasteiger partial charge in [0.25, 0.3) is 15.9 Å². The van der Waals surface area contributed by atoms with E-state index in [-0.39, 0.29) is 21.2 Å². The number of hydrazine groups is 1. The second kappa shape index (κ2) is 6.30. The van der Waals surface area contributed by atoms with Gasteiger partial charge in [0.1, 0.15) is 11.6 Å². The average Bonchev–Trinajstić information content (AvgIpc) is 2.47. The predicted octanol–water partition coefficient (Wildman–Crippen LogP) is 1.81. The molecule has 116 valence electrons. The molecule has 0 bridgehead atoms. The molecule has 0 heterocycles. The van der Waals surface area contributed by atoms with Gasteiger partial charge >= 0.3 is 0 Å². The number of sulfonamides is 1. The molecular formula is C13H10ClFN2O4S. The van der Waals surface area contributed by atoms with Crippen LogP contribution in [0.25, 0.3) is 0 Å². The number of nitrogens with one attached hydrogen (secondary N) is 2. The summed E-state index contributed by atoms with van der Waals surface area (Å²) in [5.41, 5.74) is 2.03. The van der Waals surface area contributed by atoms with E-state index in [2.05, 4.69) is 0 Å². The summed E-state index contributed by atoms with van der Waals surface area (Å²) in [6.45, 7) is 0. The summed E-state index contributed by atoms with van der Waals surface area (Å²) in [5, 5.41) is 8.90. The quantitative estimate of drug-likeness (QED) is 0.737. The van der Waals surface area contributed by atoms with E-state index in [1.807, 2.05) is 10.3 Å². The molecule has 2 rings (SSSR count). The summed E-state index contributed by atoms with van der Waals surface area (Å²) in [5.74, 6) is -1.67. The summed E-state index contributed by atoms with van der Waals surface area (Å²) < 4.78 is 36.9. The van der Waals surface area contributed by atoms with Gasteiger partial charge in [-0.3, -0.25) is 10.2 Å². The maximum absolute atomic E-state index is 13.0. The number of phenols is 1. The Morgan fingerprint density at radius 2 is 1.91 bits per heavy atom. The van der Waals surface area contributed by atoms with Gasteiger partial charge in [0, 0.05) is 5.56 Å². The van der Waals surface area contributed by atoms with Gasteiger partial charge in [0.15, 0.2) is 0 Å². The molecule has 2 aromatic rings.